The summed E-state index contributed by atoms with van der Waals surface area (Å²) in [4.78, 5) is 22.2. The Hall–Kier alpha value is -1.75. The number of hydrogen-bond acceptors (Lipinski definition) is 2. The van der Waals surface area contributed by atoms with Crippen LogP contribution in [0, 0.1) is 0 Å². The van der Waals surface area contributed by atoms with Gasteiger partial charge in [0, 0.05) is 18.0 Å². The topological polar surface area (TPSA) is 84.2 Å². The summed E-state index contributed by atoms with van der Waals surface area (Å²) < 4.78 is 0. The second-order valence-electron chi connectivity index (χ2n) is 4.56. The van der Waals surface area contributed by atoms with E-state index < -0.39 is 6.03 Å². The lowest BCUT2D eigenvalue weighted by Gasteiger charge is -2.15. The van der Waals surface area contributed by atoms with E-state index in [1.807, 2.05) is 25.1 Å². The Kier molecular flexibility index (Phi) is 6.87. The van der Waals surface area contributed by atoms with Gasteiger partial charge in [-0.15, -0.1) is 0 Å². The van der Waals surface area contributed by atoms with Crippen molar-refractivity contribution in [3.8, 4) is 0 Å². The first kappa shape index (κ1) is 16.3. The number of hydrogen-bond donors (Lipinski definition) is 3. The molecular weight excluding hydrogens is 278 g/mol. The van der Waals surface area contributed by atoms with Crippen LogP contribution >= 0.6 is 11.6 Å². The molecule has 0 heterocycles. The molecule has 1 rings (SSSR count). The third-order valence-corrected chi connectivity index (χ3v) is 3.22. The van der Waals surface area contributed by atoms with Gasteiger partial charge in [0.1, 0.15) is 0 Å². The molecule has 0 fully saturated rings. The van der Waals surface area contributed by atoms with Crippen LogP contribution < -0.4 is 16.4 Å². The molecule has 0 aliphatic carbocycles. The van der Waals surface area contributed by atoms with E-state index in [-0.39, 0.29) is 11.9 Å². The standard InChI is InChI=1S/C14H20ClN3O2/c1-10(11-6-2-3-7-12(11)15)18-13(19)8-4-5-9-17-14(16)20/h2-3,6-7,10H,4-5,8-9H2,1H3,(H,18,19)(H3,16,17,20). The van der Waals surface area contributed by atoms with E-state index in [0.29, 0.717) is 24.4 Å². The summed E-state index contributed by atoms with van der Waals surface area (Å²) in [6.07, 6.45) is 1.83. The maximum absolute atomic E-state index is 11.8. The van der Waals surface area contributed by atoms with Crippen LogP contribution in [0.3, 0.4) is 0 Å². The summed E-state index contributed by atoms with van der Waals surface area (Å²) in [5.41, 5.74) is 5.84. The Morgan fingerprint density at radius 3 is 2.65 bits per heavy atom. The van der Waals surface area contributed by atoms with Gasteiger partial charge in [0.2, 0.25) is 5.91 Å². The van der Waals surface area contributed by atoms with Crippen molar-refractivity contribution in [2.24, 2.45) is 5.73 Å². The van der Waals surface area contributed by atoms with Crippen molar-refractivity contribution in [3.05, 3.63) is 34.9 Å². The number of primary amides is 1. The third kappa shape index (κ3) is 5.93. The Morgan fingerprint density at radius 1 is 1.30 bits per heavy atom. The number of carbonyl (C=O) groups is 2. The van der Waals surface area contributed by atoms with Crippen LogP contribution in [0.5, 0.6) is 0 Å². The van der Waals surface area contributed by atoms with Crippen LogP contribution in [0.15, 0.2) is 24.3 Å². The van der Waals surface area contributed by atoms with E-state index in [0.717, 1.165) is 12.0 Å². The van der Waals surface area contributed by atoms with Gasteiger partial charge in [-0.05, 0) is 31.4 Å². The predicted molar refractivity (Wildman–Crippen MR) is 79.4 cm³/mol. The maximum Gasteiger partial charge on any atom is 0.312 e. The SMILES string of the molecule is CC(NC(=O)CCCCNC(N)=O)c1ccccc1Cl. The van der Waals surface area contributed by atoms with Gasteiger partial charge in [0.15, 0.2) is 0 Å². The minimum Gasteiger partial charge on any atom is -0.352 e. The molecular formula is C14H20ClN3O2. The quantitative estimate of drug-likeness (QED) is 0.675. The fraction of sp³-hybridized carbons (Fsp3) is 0.429. The molecule has 0 bridgehead atoms. The number of rotatable bonds is 7. The van der Waals surface area contributed by atoms with Gasteiger partial charge in [-0.25, -0.2) is 4.79 Å². The maximum atomic E-state index is 11.8. The van der Waals surface area contributed by atoms with Crippen molar-refractivity contribution < 1.29 is 9.59 Å². The fourth-order valence-electron chi connectivity index (χ4n) is 1.84. The minimum atomic E-state index is -0.540. The lowest BCUT2D eigenvalue weighted by Crippen LogP contribution is -2.30. The molecule has 6 heteroatoms. The van der Waals surface area contributed by atoms with Crippen LogP contribution in [-0.2, 0) is 4.79 Å². The van der Waals surface area contributed by atoms with E-state index in [9.17, 15) is 9.59 Å². The highest BCUT2D eigenvalue weighted by atomic mass is 35.5. The zero-order valence-corrected chi connectivity index (χ0v) is 12.2. The molecule has 1 unspecified atom stereocenters. The van der Waals surface area contributed by atoms with Crippen molar-refractivity contribution in [2.75, 3.05) is 6.54 Å². The van der Waals surface area contributed by atoms with Crippen molar-refractivity contribution in [3.63, 3.8) is 0 Å². The highest BCUT2D eigenvalue weighted by Gasteiger charge is 2.11. The minimum absolute atomic E-state index is 0.0310. The largest absolute Gasteiger partial charge is 0.352 e. The van der Waals surface area contributed by atoms with Crippen LogP contribution in [0.4, 0.5) is 4.79 Å². The Labute approximate surface area is 123 Å². The summed E-state index contributed by atoms with van der Waals surface area (Å²) in [5, 5.41) is 6.03. The van der Waals surface area contributed by atoms with Crippen molar-refractivity contribution in [2.45, 2.75) is 32.2 Å². The summed E-state index contributed by atoms with van der Waals surface area (Å²) >= 11 is 6.07. The highest BCUT2D eigenvalue weighted by molar-refractivity contribution is 6.31. The van der Waals surface area contributed by atoms with Crippen LogP contribution in [-0.4, -0.2) is 18.5 Å². The van der Waals surface area contributed by atoms with Gasteiger partial charge >= 0.3 is 6.03 Å². The number of benzene rings is 1. The van der Waals surface area contributed by atoms with Gasteiger partial charge in [0.25, 0.3) is 0 Å². The second kappa shape index (κ2) is 8.43. The molecule has 0 saturated carbocycles. The van der Waals surface area contributed by atoms with Gasteiger partial charge in [-0.3, -0.25) is 4.79 Å². The number of nitrogens with two attached hydrogens (primary N) is 1. The number of carbonyl (C=O) groups excluding carboxylic acids is 2. The van der Waals surface area contributed by atoms with E-state index in [1.54, 1.807) is 6.07 Å². The van der Waals surface area contributed by atoms with E-state index in [4.69, 9.17) is 17.3 Å². The molecule has 1 aromatic rings. The van der Waals surface area contributed by atoms with Crippen molar-refractivity contribution >= 4 is 23.5 Å². The van der Waals surface area contributed by atoms with E-state index in [1.165, 1.54) is 0 Å². The first-order valence-corrected chi connectivity index (χ1v) is 6.95. The Balaban J connectivity index is 2.28. The molecule has 0 radical (unpaired) electrons. The van der Waals surface area contributed by atoms with Crippen molar-refractivity contribution in [1.82, 2.24) is 10.6 Å². The monoisotopic (exact) mass is 297 g/mol. The molecule has 1 atom stereocenters. The van der Waals surface area contributed by atoms with Gasteiger partial charge < -0.3 is 16.4 Å². The fourth-order valence-corrected chi connectivity index (χ4v) is 2.14. The number of amides is 3. The Morgan fingerprint density at radius 2 is 2.00 bits per heavy atom. The second-order valence-corrected chi connectivity index (χ2v) is 4.97. The molecule has 0 aliphatic heterocycles. The summed E-state index contributed by atoms with van der Waals surface area (Å²) in [6, 6.07) is 6.77. The molecule has 1 aromatic carbocycles. The average Bonchev–Trinajstić information content (AvgIpc) is 2.38. The molecule has 0 aliphatic rings. The molecule has 0 saturated heterocycles. The number of urea groups is 1. The number of unbranched alkanes of at least 4 members (excludes halogenated alkanes) is 1. The normalized spacial score (nSPS) is 11.7. The summed E-state index contributed by atoms with van der Waals surface area (Å²) in [7, 11) is 0. The molecule has 0 spiro atoms. The van der Waals surface area contributed by atoms with Gasteiger partial charge in [0.05, 0.1) is 6.04 Å². The average molecular weight is 298 g/mol. The van der Waals surface area contributed by atoms with Crippen LogP contribution in [0.25, 0.3) is 0 Å². The molecule has 20 heavy (non-hydrogen) atoms. The number of halogens is 1. The summed E-state index contributed by atoms with van der Waals surface area (Å²) in [6.45, 7) is 2.39. The number of nitrogens with one attached hydrogen (secondary N) is 2. The zero-order chi connectivity index (χ0) is 15.0. The third-order valence-electron chi connectivity index (χ3n) is 2.88. The smallest absolute Gasteiger partial charge is 0.312 e. The molecule has 4 N–H and O–H groups in total. The molecule has 110 valence electrons. The molecule has 0 aromatic heterocycles. The molecule has 5 nitrogen and oxygen atoms in total. The zero-order valence-electron chi connectivity index (χ0n) is 11.5. The lowest BCUT2D eigenvalue weighted by molar-refractivity contribution is -0.121. The first-order valence-electron chi connectivity index (χ1n) is 6.58. The summed E-state index contributed by atoms with van der Waals surface area (Å²) in [5.74, 6) is -0.0310. The van der Waals surface area contributed by atoms with Gasteiger partial charge in [-0.2, -0.15) is 0 Å². The highest BCUT2D eigenvalue weighted by Crippen LogP contribution is 2.22. The van der Waals surface area contributed by atoms with Gasteiger partial charge in [-0.1, -0.05) is 29.8 Å². The Bertz CT molecular complexity index is 465. The first-order chi connectivity index (χ1) is 9.50. The van der Waals surface area contributed by atoms with E-state index >= 15 is 0 Å². The van der Waals surface area contributed by atoms with Crippen LogP contribution in [0.2, 0.25) is 5.02 Å². The van der Waals surface area contributed by atoms with Crippen LogP contribution in [0.1, 0.15) is 37.8 Å². The predicted octanol–water partition coefficient (Wildman–Crippen LogP) is 2.36. The molecule has 3 amide bonds. The van der Waals surface area contributed by atoms with Crippen molar-refractivity contribution in [1.29, 1.82) is 0 Å². The lowest BCUT2D eigenvalue weighted by atomic mass is 10.1. The van der Waals surface area contributed by atoms with E-state index in [2.05, 4.69) is 10.6 Å².